The fraction of sp³-hybridized carbons (Fsp3) is 0.333. The topological polar surface area (TPSA) is 97.8 Å². The van der Waals surface area contributed by atoms with Gasteiger partial charge in [-0.05, 0) is 35.9 Å². The van der Waals surface area contributed by atoms with Crippen molar-refractivity contribution in [2.75, 3.05) is 52.8 Å². The Labute approximate surface area is 209 Å². The van der Waals surface area contributed by atoms with Gasteiger partial charge < -0.3 is 29.0 Å². The van der Waals surface area contributed by atoms with Gasteiger partial charge in [0.1, 0.15) is 18.1 Å². The van der Waals surface area contributed by atoms with Crippen LogP contribution in [0.1, 0.15) is 17.2 Å². The Morgan fingerprint density at radius 3 is 2.56 bits per heavy atom. The van der Waals surface area contributed by atoms with E-state index in [9.17, 15) is 14.7 Å². The zero-order chi connectivity index (χ0) is 25.1. The van der Waals surface area contributed by atoms with Crippen LogP contribution in [-0.4, -0.2) is 79.4 Å². The van der Waals surface area contributed by atoms with Crippen molar-refractivity contribution in [3.05, 3.63) is 71.8 Å². The first-order valence-corrected chi connectivity index (χ1v) is 11.9. The summed E-state index contributed by atoms with van der Waals surface area (Å²) in [6.07, 6.45) is 1.65. The molecule has 1 N–H and O–H groups in total. The number of fused-ring (bicyclic) bond motifs is 1. The summed E-state index contributed by atoms with van der Waals surface area (Å²) in [5, 5.41) is 11.3. The first-order valence-electron chi connectivity index (χ1n) is 11.9. The van der Waals surface area contributed by atoms with Crippen molar-refractivity contribution in [2.45, 2.75) is 6.04 Å². The predicted molar refractivity (Wildman–Crippen MR) is 131 cm³/mol. The normalized spacial score (nSPS) is 21.1. The molecule has 0 unspecified atom stereocenters. The number of morpholine rings is 1. The third-order valence-corrected chi connectivity index (χ3v) is 6.51. The monoisotopic (exact) mass is 492 g/mol. The number of Topliss-reactive ketones (excluding diaryl/α,β-unsaturated/α-hetero) is 1. The number of benzene rings is 2. The molecule has 0 bridgehead atoms. The maximum absolute atomic E-state index is 13.3. The van der Waals surface area contributed by atoms with E-state index in [1.807, 2.05) is 12.1 Å². The Bertz CT molecular complexity index is 1190. The van der Waals surface area contributed by atoms with Crippen molar-refractivity contribution in [1.82, 2.24) is 9.80 Å². The zero-order valence-electron chi connectivity index (χ0n) is 19.9. The molecule has 2 aromatic rings. The molecule has 3 aliphatic heterocycles. The van der Waals surface area contributed by atoms with Gasteiger partial charge in [0.05, 0.1) is 24.8 Å². The second-order valence-corrected chi connectivity index (χ2v) is 8.68. The molecule has 1 atom stereocenters. The van der Waals surface area contributed by atoms with E-state index in [1.165, 1.54) is 4.90 Å². The third-order valence-electron chi connectivity index (χ3n) is 6.51. The number of ketones is 1. The fourth-order valence-electron chi connectivity index (χ4n) is 4.63. The number of nitrogens with zero attached hydrogens (tertiary/aromatic N) is 2. The van der Waals surface area contributed by atoms with Gasteiger partial charge in [-0.15, -0.1) is 0 Å². The summed E-state index contributed by atoms with van der Waals surface area (Å²) in [6.45, 7) is 7.84. The van der Waals surface area contributed by atoms with E-state index in [0.29, 0.717) is 61.3 Å². The second kappa shape index (κ2) is 10.4. The number of aliphatic hydroxyl groups is 1. The van der Waals surface area contributed by atoms with Gasteiger partial charge in [-0.1, -0.05) is 24.8 Å². The van der Waals surface area contributed by atoms with E-state index < -0.39 is 17.7 Å². The van der Waals surface area contributed by atoms with Crippen LogP contribution in [0.15, 0.2) is 60.7 Å². The SMILES string of the molecule is C=CCOc1ccc([C@@H]2C(=C(O)c3ccc4c(c3)OCO4)C(=O)C(=O)N2CCN2CCOCC2)cc1. The van der Waals surface area contributed by atoms with Gasteiger partial charge in [-0.2, -0.15) is 0 Å². The van der Waals surface area contributed by atoms with Crippen LogP contribution >= 0.6 is 0 Å². The summed E-state index contributed by atoms with van der Waals surface area (Å²) >= 11 is 0. The van der Waals surface area contributed by atoms with E-state index in [1.54, 1.807) is 36.4 Å². The summed E-state index contributed by atoms with van der Waals surface area (Å²) in [6, 6.07) is 11.4. The first kappa shape index (κ1) is 23.9. The number of ether oxygens (including phenoxy) is 4. The van der Waals surface area contributed by atoms with E-state index >= 15 is 0 Å². The van der Waals surface area contributed by atoms with Gasteiger partial charge in [-0.3, -0.25) is 14.5 Å². The number of carbonyl (C=O) groups excluding carboxylic acids is 2. The fourth-order valence-corrected chi connectivity index (χ4v) is 4.63. The molecule has 3 heterocycles. The maximum Gasteiger partial charge on any atom is 0.295 e. The van der Waals surface area contributed by atoms with E-state index in [0.717, 1.165) is 13.1 Å². The van der Waals surface area contributed by atoms with E-state index in [-0.39, 0.29) is 18.1 Å². The van der Waals surface area contributed by atoms with Crippen LogP contribution in [0, 0.1) is 0 Å². The van der Waals surface area contributed by atoms with Crippen molar-refractivity contribution in [3.8, 4) is 17.2 Å². The Morgan fingerprint density at radius 1 is 1.06 bits per heavy atom. The molecule has 0 aliphatic carbocycles. The molecule has 0 radical (unpaired) electrons. The first-order chi connectivity index (χ1) is 17.6. The highest BCUT2D eigenvalue weighted by atomic mass is 16.7. The van der Waals surface area contributed by atoms with Gasteiger partial charge in [-0.25, -0.2) is 0 Å². The molecule has 5 rings (SSSR count). The van der Waals surface area contributed by atoms with Crippen molar-refractivity contribution >= 4 is 17.4 Å². The molecule has 9 heteroatoms. The zero-order valence-corrected chi connectivity index (χ0v) is 19.9. The Morgan fingerprint density at radius 2 is 1.81 bits per heavy atom. The minimum Gasteiger partial charge on any atom is -0.507 e. The molecular formula is C27H28N2O7. The number of rotatable bonds is 8. The van der Waals surface area contributed by atoms with Crippen LogP contribution in [0.4, 0.5) is 0 Å². The molecule has 188 valence electrons. The van der Waals surface area contributed by atoms with E-state index in [4.69, 9.17) is 18.9 Å². The molecule has 1 amide bonds. The summed E-state index contributed by atoms with van der Waals surface area (Å²) in [7, 11) is 0. The van der Waals surface area contributed by atoms with Gasteiger partial charge in [0.25, 0.3) is 11.7 Å². The number of carbonyl (C=O) groups is 2. The summed E-state index contributed by atoms with van der Waals surface area (Å²) in [5.41, 5.74) is 1.12. The lowest BCUT2D eigenvalue weighted by atomic mass is 9.95. The maximum atomic E-state index is 13.3. The van der Waals surface area contributed by atoms with Gasteiger partial charge in [0.15, 0.2) is 11.5 Å². The molecular weight excluding hydrogens is 464 g/mol. The van der Waals surface area contributed by atoms with Crippen LogP contribution in [0.2, 0.25) is 0 Å². The standard InChI is InChI=1S/C27H28N2O7/c1-2-13-34-20-6-3-18(4-7-20)24-23(25(30)19-5-8-21-22(16-19)36-17-35-21)26(31)27(32)29(24)10-9-28-11-14-33-15-12-28/h2-8,16,24,30H,1,9-15,17H2/t24-/m1/s1. The predicted octanol–water partition coefficient (Wildman–Crippen LogP) is 2.73. The lowest BCUT2D eigenvalue weighted by molar-refractivity contribution is -0.140. The van der Waals surface area contributed by atoms with E-state index in [2.05, 4.69) is 11.5 Å². The molecule has 0 saturated carbocycles. The van der Waals surface area contributed by atoms with Crippen LogP contribution in [0.25, 0.3) is 5.76 Å². The number of hydrogen-bond donors (Lipinski definition) is 1. The van der Waals surface area contributed by atoms with Crippen molar-refractivity contribution in [2.24, 2.45) is 0 Å². The summed E-state index contributed by atoms with van der Waals surface area (Å²) < 4.78 is 21.8. The molecule has 3 aliphatic rings. The Balaban J connectivity index is 1.51. The number of aliphatic hydroxyl groups excluding tert-OH is 1. The molecule has 2 fully saturated rings. The molecule has 2 aromatic carbocycles. The van der Waals surface area contributed by atoms with Crippen LogP contribution in [0.3, 0.4) is 0 Å². The number of amides is 1. The van der Waals surface area contributed by atoms with Crippen molar-refractivity contribution in [1.29, 1.82) is 0 Å². The van der Waals surface area contributed by atoms with Crippen molar-refractivity contribution in [3.63, 3.8) is 0 Å². The van der Waals surface area contributed by atoms with Gasteiger partial charge >= 0.3 is 0 Å². The highest BCUT2D eigenvalue weighted by Gasteiger charge is 2.46. The molecule has 2 saturated heterocycles. The molecule has 9 nitrogen and oxygen atoms in total. The summed E-state index contributed by atoms with van der Waals surface area (Å²) in [5.74, 6) is 0.0638. The average molecular weight is 493 g/mol. The molecule has 0 aromatic heterocycles. The number of hydrogen-bond acceptors (Lipinski definition) is 8. The largest absolute Gasteiger partial charge is 0.507 e. The molecule has 36 heavy (non-hydrogen) atoms. The highest BCUT2D eigenvalue weighted by Crippen LogP contribution is 2.41. The second-order valence-electron chi connectivity index (χ2n) is 8.68. The Hall–Kier alpha value is -3.82. The number of likely N-dealkylation sites (tertiary alicyclic amines) is 1. The smallest absolute Gasteiger partial charge is 0.295 e. The van der Waals surface area contributed by atoms with Crippen LogP contribution < -0.4 is 14.2 Å². The lowest BCUT2D eigenvalue weighted by Gasteiger charge is -2.31. The minimum atomic E-state index is -0.745. The minimum absolute atomic E-state index is 0.0422. The molecule has 0 spiro atoms. The van der Waals surface area contributed by atoms with Crippen molar-refractivity contribution < 1.29 is 33.6 Å². The van der Waals surface area contributed by atoms with Gasteiger partial charge in [0.2, 0.25) is 6.79 Å². The average Bonchev–Trinajstić information content (AvgIpc) is 3.48. The third kappa shape index (κ3) is 4.67. The van der Waals surface area contributed by atoms with Crippen LogP contribution in [0.5, 0.6) is 17.2 Å². The Kier molecular flexibility index (Phi) is 6.92. The summed E-state index contributed by atoms with van der Waals surface area (Å²) in [4.78, 5) is 30.2. The highest BCUT2D eigenvalue weighted by molar-refractivity contribution is 6.46. The van der Waals surface area contributed by atoms with Gasteiger partial charge in [0, 0.05) is 31.7 Å². The van der Waals surface area contributed by atoms with Crippen LogP contribution in [-0.2, 0) is 14.3 Å². The quantitative estimate of drug-likeness (QED) is 0.260. The lowest BCUT2D eigenvalue weighted by Crippen LogP contribution is -2.42.